The van der Waals surface area contributed by atoms with Crippen LogP contribution in [-0.2, 0) is 19.4 Å². The molecule has 0 bridgehead atoms. The van der Waals surface area contributed by atoms with Crippen LogP contribution < -0.4 is 5.73 Å². The smallest absolute Gasteiger partial charge is 0.0236 e. The fraction of sp³-hybridized carbons (Fsp3) is 0.684. The number of benzene rings is 1. The van der Waals surface area contributed by atoms with E-state index in [2.05, 4.69) is 30.0 Å². The maximum Gasteiger partial charge on any atom is 0.0236 e. The van der Waals surface area contributed by atoms with Crippen molar-refractivity contribution in [2.45, 2.75) is 64.5 Å². The molecule has 0 saturated heterocycles. The van der Waals surface area contributed by atoms with Crippen LogP contribution >= 0.6 is 0 Å². The second-order valence-electron chi connectivity index (χ2n) is 6.87. The van der Waals surface area contributed by atoms with Gasteiger partial charge in [-0.1, -0.05) is 38.0 Å². The molecule has 0 aliphatic heterocycles. The third-order valence-electron chi connectivity index (χ3n) is 5.60. The summed E-state index contributed by atoms with van der Waals surface area (Å²) in [6.45, 7) is 5.39. The molecule has 2 nitrogen and oxygen atoms in total. The lowest BCUT2D eigenvalue weighted by Crippen LogP contribution is -2.44. The minimum Gasteiger partial charge on any atom is -0.330 e. The van der Waals surface area contributed by atoms with Crippen molar-refractivity contribution in [3.63, 3.8) is 0 Å². The standard InChI is InChI=1S/C19H30N2/c1-2-21(19-9-4-3-6-18(19)13-20)14-15-10-11-16-7-5-8-17(16)12-15/h10-12,18-19H,2-9,13-14,20H2,1H3. The number of hydrogen-bond donors (Lipinski definition) is 1. The van der Waals surface area contributed by atoms with Crippen LogP contribution in [-0.4, -0.2) is 24.0 Å². The maximum atomic E-state index is 6.03. The highest BCUT2D eigenvalue weighted by Gasteiger charge is 2.28. The molecule has 2 aliphatic rings. The third kappa shape index (κ3) is 3.32. The van der Waals surface area contributed by atoms with Crippen LogP contribution in [0, 0.1) is 5.92 Å². The van der Waals surface area contributed by atoms with Gasteiger partial charge in [0.05, 0.1) is 0 Å². The Hall–Kier alpha value is -0.860. The number of aryl methyl sites for hydroxylation is 2. The van der Waals surface area contributed by atoms with Crippen molar-refractivity contribution in [1.82, 2.24) is 4.90 Å². The molecule has 1 fully saturated rings. The highest BCUT2D eigenvalue weighted by molar-refractivity contribution is 5.35. The lowest BCUT2D eigenvalue weighted by molar-refractivity contribution is 0.105. The predicted octanol–water partition coefficient (Wildman–Crippen LogP) is 3.51. The van der Waals surface area contributed by atoms with E-state index in [-0.39, 0.29) is 0 Å². The van der Waals surface area contributed by atoms with E-state index < -0.39 is 0 Å². The van der Waals surface area contributed by atoms with Crippen molar-refractivity contribution in [3.8, 4) is 0 Å². The van der Waals surface area contributed by atoms with Crippen LogP contribution in [0.3, 0.4) is 0 Å². The number of nitrogens with two attached hydrogens (primary N) is 1. The minimum atomic E-state index is 0.696. The number of nitrogens with zero attached hydrogens (tertiary/aromatic N) is 1. The normalized spacial score (nSPS) is 25.3. The van der Waals surface area contributed by atoms with Gasteiger partial charge in [-0.05, 0) is 67.8 Å². The van der Waals surface area contributed by atoms with Gasteiger partial charge < -0.3 is 5.73 Å². The minimum absolute atomic E-state index is 0.696. The van der Waals surface area contributed by atoms with Crippen LogP contribution in [0.15, 0.2) is 18.2 Å². The molecule has 2 aliphatic carbocycles. The number of hydrogen-bond acceptors (Lipinski definition) is 2. The summed E-state index contributed by atoms with van der Waals surface area (Å²) < 4.78 is 0. The molecule has 3 rings (SSSR count). The first-order chi connectivity index (χ1) is 10.3. The van der Waals surface area contributed by atoms with Gasteiger partial charge in [0.2, 0.25) is 0 Å². The van der Waals surface area contributed by atoms with Crippen molar-refractivity contribution < 1.29 is 0 Å². The van der Waals surface area contributed by atoms with Crippen LogP contribution in [0.5, 0.6) is 0 Å². The van der Waals surface area contributed by atoms with E-state index in [0.717, 1.165) is 19.6 Å². The Morgan fingerprint density at radius 1 is 1.10 bits per heavy atom. The van der Waals surface area contributed by atoms with E-state index in [1.807, 2.05) is 0 Å². The van der Waals surface area contributed by atoms with E-state index in [0.29, 0.717) is 12.0 Å². The molecule has 21 heavy (non-hydrogen) atoms. The third-order valence-corrected chi connectivity index (χ3v) is 5.60. The average molecular weight is 286 g/mol. The molecule has 0 heterocycles. The summed E-state index contributed by atoms with van der Waals surface area (Å²) in [5, 5.41) is 0. The van der Waals surface area contributed by atoms with E-state index in [9.17, 15) is 0 Å². The summed E-state index contributed by atoms with van der Waals surface area (Å²) in [6.07, 6.45) is 9.31. The Morgan fingerprint density at radius 2 is 1.90 bits per heavy atom. The zero-order valence-electron chi connectivity index (χ0n) is 13.5. The molecule has 2 unspecified atom stereocenters. The largest absolute Gasteiger partial charge is 0.330 e. The highest BCUT2D eigenvalue weighted by atomic mass is 15.2. The van der Waals surface area contributed by atoms with Gasteiger partial charge in [-0.25, -0.2) is 0 Å². The average Bonchev–Trinajstić information content (AvgIpc) is 3.00. The first kappa shape index (κ1) is 15.1. The predicted molar refractivity (Wildman–Crippen MR) is 89.4 cm³/mol. The molecular weight excluding hydrogens is 256 g/mol. The van der Waals surface area contributed by atoms with Crippen molar-refractivity contribution >= 4 is 0 Å². The molecule has 0 amide bonds. The Bertz CT molecular complexity index is 469. The van der Waals surface area contributed by atoms with Crippen molar-refractivity contribution in [2.75, 3.05) is 13.1 Å². The molecule has 0 aromatic heterocycles. The lowest BCUT2D eigenvalue weighted by atomic mass is 9.83. The summed E-state index contributed by atoms with van der Waals surface area (Å²) >= 11 is 0. The van der Waals surface area contributed by atoms with Gasteiger partial charge in [0.1, 0.15) is 0 Å². The Balaban J connectivity index is 1.71. The summed E-state index contributed by atoms with van der Waals surface area (Å²) in [4.78, 5) is 2.67. The first-order valence-electron chi connectivity index (χ1n) is 8.86. The molecule has 116 valence electrons. The van der Waals surface area contributed by atoms with Gasteiger partial charge in [-0.3, -0.25) is 4.90 Å². The van der Waals surface area contributed by atoms with Gasteiger partial charge in [-0.15, -0.1) is 0 Å². The van der Waals surface area contributed by atoms with Crippen LogP contribution in [0.25, 0.3) is 0 Å². The molecule has 1 saturated carbocycles. The quantitative estimate of drug-likeness (QED) is 0.897. The van der Waals surface area contributed by atoms with E-state index in [1.165, 1.54) is 50.5 Å². The fourth-order valence-corrected chi connectivity index (χ4v) is 4.37. The second kappa shape index (κ2) is 6.93. The van der Waals surface area contributed by atoms with Gasteiger partial charge >= 0.3 is 0 Å². The van der Waals surface area contributed by atoms with Gasteiger partial charge in [0, 0.05) is 12.6 Å². The van der Waals surface area contributed by atoms with E-state index in [1.54, 1.807) is 11.1 Å². The lowest BCUT2D eigenvalue weighted by Gasteiger charge is -2.39. The number of rotatable bonds is 5. The molecular formula is C19H30N2. The molecule has 1 aromatic carbocycles. The van der Waals surface area contributed by atoms with Crippen molar-refractivity contribution in [2.24, 2.45) is 11.7 Å². The van der Waals surface area contributed by atoms with Crippen LogP contribution in [0.1, 0.15) is 55.7 Å². The number of fused-ring (bicyclic) bond motifs is 1. The Morgan fingerprint density at radius 3 is 2.71 bits per heavy atom. The van der Waals surface area contributed by atoms with Crippen LogP contribution in [0.4, 0.5) is 0 Å². The van der Waals surface area contributed by atoms with E-state index in [4.69, 9.17) is 5.73 Å². The zero-order chi connectivity index (χ0) is 14.7. The summed E-state index contributed by atoms with van der Waals surface area (Å²) in [6, 6.07) is 7.88. The SMILES string of the molecule is CCN(Cc1ccc2c(c1)CCC2)C1CCCCC1CN. The van der Waals surface area contributed by atoms with Crippen LogP contribution in [0.2, 0.25) is 0 Å². The molecule has 2 atom stereocenters. The summed E-state index contributed by atoms with van der Waals surface area (Å²) in [5.74, 6) is 0.702. The fourth-order valence-electron chi connectivity index (χ4n) is 4.37. The highest BCUT2D eigenvalue weighted by Crippen LogP contribution is 2.29. The zero-order valence-corrected chi connectivity index (χ0v) is 13.5. The Labute approximate surface area is 129 Å². The van der Waals surface area contributed by atoms with Crippen molar-refractivity contribution in [1.29, 1.82) is 0 Å². The monoisotopic (exact) mass is 286 g/mol. The molecule has 0 radical (unpaired) electrons. The summed E-state index contributed by atoms with van der Waals surface area (Å²) in [5.41, 5.74) is 10.7. The van der Waals surface area contributed by atoms with Gasteiger partial charge in [0.25, 0.3) is 0 Å². The molecule has 0 spiro atoms. The molecule has 2 heteroatoms. The molecule has 1 aromatic rings. The summed E-state index contributed by atoms with van der Waals surface area (Å²) in [7, 11) is 0. The van der Waals surface area contributed by atoms with Crippen molar-refractivity contribution in [3.05, 3.63) is 34.9 Å². The van der Waals surface area contributed by atoms with E-state index >= 15 is 0 Å². The Kier molecular flexibility index (Phi) is 4.97. The second-order valence-corrected chi connectivity index (χ2v) is 6.87. The topological polar surface area (TPSA) is 29.3 Å². The molecule has 2 N–H and O–H groups in total. The maximum absolute atomic E-state index is 6.03. The first-order valence-corrected chi connectivity index (χ1v) is 8.86. The van der Waals surface area contributed by atoms with Gasteiger partial charge in [-0.2, -0.15) is 0 Å². The van der Waals surface area contributed by atoms with Gasteiger partial charge in [0.15, 0.2) is 0 Å².